The van der Waals surface area contributed by atoms with Crippen LogP contribution in [0.2, 0.25) is 0 Å². The molecule has 0 radical (unpaired) electrons. The standard InChI is InChI=1S/C24H25N3O4S2/c1-16(2)23(28)25-19-7-9-21(10-8-19)33(30,31)26-20-6-5-17-11-12-27(15-18(17)14-20)24(29)22-4-3-13-32-22/h3-10,13-14,16,26H,11-12,15H2,1-2H3,(H,25,28). The van der Waals surface area contributed by atoms with E-state index in [4.69, 9.17) is 0 Å². The quantitative estimate of drug-likeness (QED) is 0.545. The van der Waals surface area contributed by atoms with Crippen LogP contribution in [-0.2, 0) is 27.8 Å². The monoisotopic (exact) mass is 483 g/mol. The summed E-state index contributed by atoms with van der Waals surface area (Å²) in [5.41, 5.74) is 3.02. The third-order valence-corrected chi connectivity index (χ3v) is 7.70. The molecule has 0 saturated heterocycles. The van der Waals surface area contributed by atoms with E-state index < -0.39 is 10.0 Å². The van der Waals surface area contributed by atoms with Crippen LogP contribution >= 0.6 is 11.3 Å². The van der Waals surface area contributed by atoms with Crippen molar-refractivity contribution >= 4 is 44.5 Å². The number of carbonyl (C=O) groups excluding carboxylic acids is 2. The van der Waals surface area contributed by atoms with Crippen LogP contribution < -0.4 is 10.0 Å². The molecule has 0 bridgehead atoms. The Bertz CT molecular complexity index is 1270. The number of benzene rings is 2. The molecule has 0 saturated carbocycles. The molecule has 3 aromatic rings. The molecule has 172 valence electrons. The number of nitrogens with zero attached hydrogens (tertiary/aromatic N) is 1. The third-order valence-electron chi connectivity index (χ3n) is 5.45. The number of carbonyl (C=O) groups is 2. The lowest BCUT2D eigenvalue weighted by Gasteiger charge is -2.29. The van der Waals surface area contributed by atoms with Gasteiger partial charge in [-0.25, -0.2) is 8.42 Å². The minimum atomic E-state index is -3.81. The first-order valence-electron chi connectivity index (χ1n) is 10.6. The lowest BCUT2D eigenvalue weighted by Crippen LogP contribution is -2.35. The number of hydrogen-bond acceptors (Lipinski definition) is 5. The first-order chi connectivity index (χ1) is 15.7. The second kappa shape index (κ2) is 9.36. The predicted molar refractivity (Wildman–Crippen MR) is 130 cm³/mol. The fourth-order valence-corrected chi connectivity index (χ4v) is 5.31. The van der Waals surface area contributed by atoms with Gasteiger partial charge in [0, 0.05) is 30.4 Å². The van der Waals surface area contributed by atoms with Gasteiger partial charge in [0.25, 0.3) is 15.9 Å². The lowest BCUT2D eigenvalue weighted by atomic mass is 9.99. The van der Waals surface area contributed by atoms with Gasteiger partial charge in [-0.3, -0.25) is 14.3 Å². The summed E-state index contributed by atoms with van der Waals surface area (Å²) >= 11 is 1.41. The SMILES string of the molecule is CC(C)C(=O)Nc1ccc(S(=O)(=O)Nc2ccc3c(c2)CN(C(=O)c2cccs2)CC3)cc1. The van der Waals surface area contributed by atoms with E-state index in [9.17, 15) is 18.0 Å². The van der Waals surface area contributed by atoms with E-state index in [2.05, 4.69) is 10.0 Å². The molecular weight excluding hydrogens is 458 g/mol. The predicted octanol–water partition coefficient (Wildman–Crippen LogP) is 4.34. The minimum absolute atomic E-state index is 0.00807. The summed E-state index contributed by atoms with van der Waals surface area (Å²) in [5, 5.41) is 4.62. The smallest absolute Gasteiger partial charge is 0.264 e. The van der Waals surface area contributed by atoms with Crippen molar-refractivity contribution in [3.63, 3.8) is 0 Å². The molecule has 2 N–H and O–H groups in total. The number of hydrogen-bond donors (Lipinski definition) is 2. The van der Waals surface area contributed by atoms with Gasteiger partial charge in [-0.1, -0.05) is 26.0 Å². The summed E-state index contributed by atoms with van der Waals surface area (Å²) in [6.07, 6.45) is 0.725. The average molecular weight is 484 g/mol. The molecule has 0 atom stereocenters. The Morgan fingerprint density at radius 1 is 1.00 bits per heavy atom. The normalized spacial score (nSPS) is 13.5. The molecule has 2 aromatic carbocycles. The number of rotatable bonds is 6. The van der Waals surface area contributed by atoms with Gasteiger partial charge in [-0.15, -0.1) is 11.3 Å². The highest BCUT2D eigenvalue weighted by Crippen LogP contribution is 2.26. The zero-order valence-electron chi connectivity index (χ0n) is 18.4. The van der Waals surface area contributed by atoms with Gasteiger partial charge in [0.15, 0.2) is 0 Å². The van der Waals surface area contributed by atoms with Crippen molar-refractivity contribution in [3.05, 3.63) is 76.0 Å². The second-order valence-corrected chi connectivity index (χ2v) is 10.8. The zero-order valence-corrected chi connectivity index (χ0v) is 20.0. The Kier molecular flexibility index (Phi) is 6.53. The number of sulfonamides is 1. The Morgan fingerprint density at radius 2 is 1.73 bits per heavy atom. The van der Waals surface area contributed by atoms with E-state index in [0.717, 1.165) is 17.5 Å². The Labute approximate surface area is 197 Å². The first kappa shape index (κ1) is 23.0. The maximum atomic E-state index is 12.9. The molecule has 0 fully saturated rings. The molecule has 2 amide bonds. The molecule has 0 unspecified atom stereocenters. The Hall–Kier alpha value is -3.17. The fourth-order valence-electron chi connectivity index (χ4n) is 3.57. The zero-order chi connectivity index (χ0) is 23.6. The molecule has 1 aliphatic heterocycles. The van der Waals surface area contributed by atoms with Crippen molar-refractivity contribution < 1.29 is 18.0 Å². The van der Waals surface area contributed by atoms with Gasteiger partial charge in [0.1, 0.15) is 0 Å². The maximum absolute atomic E-state index is 12.9. The van der Waals surface area contributed by atoms with E-state index in [1.807, 2.05) is 23.6 Å². The van der Waals surface area contributed by atoms with E-state index in [-0.39, 0.29) is 22.6 Å². The fraction of sp³-hybridized carbons (Fsp3) is 0.250. The van der Waals surface area contributed by atoms with Crippen molar-refractivity contribution in [2.24, 2.45) is 5.92 Å². The summed E-state index contributed by atoms with van der Waals surface area (Å²) < 4.78 is 28.4. The number of amides is 2. The van der Waals surface area contributed by atoms with Crippen LogP contribution in [0.25, 0.3) is 0 Å². The second-order valence-electron chi connectivity index (χ2n) is 8.21. The molecule has 0 aliphatic carbocycles. The van der Waals surface area contributed by atoms with Gasteiger partial charge < -0.3 is 10.2 Å². The molecular formula is C24H25N3O4S2. The van der Waals surface area contributed by atoms with Crippen molar-refractivity contribution in [1.29, 1.82) is 0 Å². The number of anilines is 2. The van der Waals surface area contributed by atoms with Crippen LogP contribution in [0, 0.1) is 5.92 Å². The van der Waals surface area contributed by atoms with E-state index in [1.165, 1.54) is 23.5 Å². The van der Waals surface area contributed by atoms with Crippen molar-refractivity contribution in [3.8, 4) is 0 Å². The Morgan fingerprint density at radius 3 is 2.39 bits per heavy atom. The van der Waals surface area contributed by atoms with Crippen LogP contribution in [0.3, 0.4) is 0 Å². The topological polar surface area (TPSA) is 95.6 Å². The van der Waals surface area contributed by atoms with Crippen LogP contribution in [0.1, 0.15) is 34.6 Å². The molecule has 1 aliphatic rings. The largest absolute Gasteiger partial charge is 0.333 e. The molecule has 33 heavy (non-hydrogen) atoms. The highest BCUT2D eigenvalue weighted by atomic mass is 32.2. The summed E-state index contributed by atoms with van der Waals surface area (Å²) in [5.74, 6) is -0.314. The average Bonchev–Trinajstić information content (AvgIpc) is 3.33. The minimum Gasteiger partial charge on any atom is -0.333 e. The van der Waals surface area contributed by atoms with Crippen LogP contribution in [0.5, 0.6) is 0 Å². The van der Waals surface area contributed by atoms with Crippen molar-refractivity contribution in [1.82, 2.24) is 4.90 Å². The van der Waals surface area contributed by atoms with Gasteiger partial charge in [-0.2, -0.15) is 0 Å². The van der Waals surface area contributed by atoms with Gasteiger partial charge in [0.05, 0.1) is 9.77 Å². The molecule has 2 heterocycles. The summed E-state index contributed by atoms with van der Waals surface area (Å²) in [4.78, 5) is 27.1. The highest BCUT2D eigenvalue weighted by molar-refractivity contribution is 7.92. The summed E-state index contributed by atoms with van der Waals surface area (Å²) in [6, 6.07) is 15.1. The number of nitrogens with one attached hydrogen (secondary N) is 2. The highest BCUT2D eigenvalue weighted by Gasteiger charge is 2.23. The van der Waals surface area contributed by atoms with Crippen LogP contribution in [0.15, 0.2) is 64.9 Å². The van der Waals surface area contributed by atoms with E-state index in [1.54, 1.807) is 43.0 Å². The lowest BCUT2D eigenvalue weighted by molar-refractivity contribution is -0.118. The summed E-state index contributed by atoms with van der Waals surface area (Å²) in [6.45, 7) is 4.64. The molecule has 9 heteroatoms. The van der Waals surface area contributed by atoms with Gasteiger partial charge >= 0.3 is 0 Å². The van der Waals surface area contributed by atoms with Crippen LogP contribution in [0.4, 0.5) is 11.4 Å². The Balaban J connectivity index is 1.47. The maximum Gasteiger partial charge on any atom is 0.264 e. The van der Waals surface area contributed by atoms with E-state index in [0.29, 0.717) is 29.3 Å². The first-order valence-corrected chi connectivity index (χ1v) is 13.0. The van der Waals surface area contributed by atoms with Crippen LogP contribution in [-0.4, -0.2) is 31.7 Å². The van der Waals surface area contributed by atoms with E-state index >= 15 is 0 Å². The third kappa shape index (κ3) is 5.26. The number of thiophene rings is 1. The number of fused-ring (bicyclic) bond motifs is 1. The molecule has 4 rings (SSSR count). The van der Waals surface area contributed by atoms with Crippen molar-refractivity contribution in [2.45, 2.75) is 31.7 Å². The van der Waals surface area contributed by atoms with Gasteiger partial charge in [-0.05, 0) is 65.4 Å². The molecule has 0 spiro atoms. The summed E-state index contributed by atoms with van der Waals surface area (Å²) in [7, 11) is -3.81. The molecule has 1 aromatic heterocycles. The molecule has 7 nitrogen and oxygen atoms in total. The van der Waals surface area contributed by atoms with Gasteiger partial charge in [0.2, 0.25) is 5.91 Å². The van der Waals surface area contributed by atoms with Crippen molar-refractivity contribution in [2.75, 3.05) is 16.6 Å².